The molecule has 152 valence electrons. The molecule has 0 spiro atoms. The minimum absolute atomic E-state index is 0.114. The van der Waals surface area contributed by atoms with Crippen molar-refractivity contribution in [3.05, 3.63) is 64.7 Å². The Kier molecular flexibility index (Phi) is 6.99. The van der Waals surface area contributed by atoms with Gasteiger partial charge in [0.15, 0.2) is 9.84 Å². The normalized spacial score (nSPS) is 19.6. The van der Waals surface area contributed by atoms with Gasteiger partial charge in [-0.2, -0.15) is 0 Å². The summed E-state index contributed by atoms with van der Waals surface area (Å²) in [6.45, 7) is 2.90. The van der Waals surface area contributed by atoms with Gasteiger partial charge in [0.25, 0.3) is 0 Å². The van der Waals surface area contributed by atoms with Gasteiger partial charge in [0.1, 0.15) is 18.5 Å². The van der Waals surface area contributed by atoms with Gasteiger partial charge in [-0.25, -0.2) is 8.42 Å². The maximum absolute atomic E-state index is 12.0. The summed E-state index contributed by atoms with van der Waals surface area (Å²) in [6.07, 6.45) is -0.177. The summed E-state index contributed by atoms with van der Waals surface area (Å²) in [5.74, 6) is 1.04. The van der Waals surface area contributed by atoms with Crippen LogP contribution in [0.25, 0.3) is 0 Å². The molecule has 2 atom stereocenters. The van der Waals surface area contributed by atoms with Gasteiger partial charge in [-0.3, -0.25) is 4.90 Å². The van der Waals surface area contributed by atoms with Crippen LogP contribution in [-0.4, -0.2) is 55.2 Å². The number of hydrogen-bond acceptors (Lipinski definition) is 5. The topological polar surface area (TPSA) is 66.8 Å². The third kappa shape index (κ3) is 5.70. The first-order valence-corrected chi connectivity index (χ1v) is 11.6. The van der Waals surface area contributed by atoms with E-state index < -0.39 is 15.9 Å². The van der Waals surface area contributed by atoms with E-state index in [4.69, 9.17) is 16.3 Å². The second-order valence-corrected chi connectivity index (χ2v) is 9.94. The third-order valence-electron chi connectivity index (χ3n) is 5.03. The van der Waals surface area contributed by atoms with Crippen molar-refractivity contribution in [2.45, 2.75) is 32.0 Å². The second kappa shape index (κ2) is 9.27. The fourth-order valence-electron chi connectivity index (χ4n) is 3.48. The molecule has 7 heteroatoms. The first-order chi connectivity index (χ1) is 13.3. The lowest BCUT2D eigenvalue weighted by molar-refractivity contribution is 0.0523. The molecule has 1 saturated heterocycles. The minimum atomic E-state index is -3.03. The van der Waals surface area contributed by atoms with E-state index in [-0.39, 0.29) is 24.2 Å². The first kappa shape index (κ1) is 21.1. The molecule has 0 amide bonds. The molecule has 2 unspecified atom stereocenters. The lowest BCUT2D eigenvalue weighted by Crippen LogP contribution is -2.42. The van der Waals surface area contributed by atoms with Crippen molar-refractivity contribution in [2.24, 2.45) is 0 Å². The molecular formula is C21H26ClNO4S. The highest BCUT2D eigenvalue weighted by atomic mass is 35.5. The number of aryl methyl sites for hydroxylation is 1. The van der Waals surface area contributed by atoms with Crippen molar-refractivity contribution in [3.8, 4) is 5.75 Å². The molecule has 0 saturated carbocycles. The number of aliphatic hydroxyl groups is 1. The lowest BCUT2D eigenvalue weighted by atomic mass is 10.1. The number of para-hydroxylation sites is 1. The van der Waals surface area contributed by atoms with Gasteiger partial charge in [-0.15, -0.1) is 0 Å². The predicted molar refractivity (Wildman–Crippen MR) is 112 cm³/mol. The maximum atomic E-state index is 12.0. The minimum Gasteiger partial charge on any atom is -0.491 e. The Labute approximate surface area is 171 Å². The number of hydrogen-bond donors (Lipinski definition) is 1. The maximum Gasteiger partial charge on any atom is 0.151 e. The molecule has 2 aromatic rings. The van der Waals surface area contributed by atoms with Crippen LogP contribution in [0.15, 0.2) is 48.5 Å². The van der Waals surface area contributed by atoms with Gasteiger partial charge >= 0.3 is 0 Å². The summed E-state index contributed by atoms with van der Waals surface area (Å²) >= 11 is 6.29. The average Bonchev–Trinajstić information content (AvgIpc) is 3.02. The van der Waals surface area contributed by atoms with Crippen LogP contribution in [0.3, 0.4) is 0 Å². The highest BCUT2D eigenvalue weighted by molar-refractivity contribution is 7.91. The fraction of sp³-hybridized carbons (Fsp3) is 0.429. The van der Waals surface area contributed by atoms with Gasteiger partial charge in [-0.1, -0.05) is 48.0 Å². The zero-order valence-electron chi connectivity index (χ0n) is 15.9. The monoisotopic (exact) mass is 423 g/mol. The summed E-state index contributed by atoms with van der Waals surface area (Å²) in [7, 11) is -3.03. The predicted octanol–water partition coefficient (Wildman–Crippen LogP) is 3.08. The second-order valence-electron chi connectivity index (χ2n) is 7.31. The van der Waals surface area contributed by atoms with Crippen molar-refractivity contribution in [1.29, 1.82) is 0 Å². The van der Waals surface area contributed by atoms with Crippen LogP contribution in [0.1, 0.15) is 17.5 Å². The average molecular weight is 424 g/mol. The van der Waals surface area contributed by atoms with Crippen LogP contribution >= 0.6 is 11.6 Å². The van der Waals surface area contributed by atoms with Crippen LogP contribution in [0, 0.1) is 6.92 Å². The Morgan fingerprint density at radius 1 is 1.21 bits per heavy atom. The van der Waals surface area contributed by atoms with Gasteiger partial charge in [0, 0.05) is 24.2 Å². The van der Waals surface area contributed by atoms with Crippen molar-refractivity contribution in [2.75, 3.05) is 24.7 Å². The van der Waals surface area contributed by atoms with E-state index in [0.29, 0.717) is 24.5 Å². The highest BCUT2D eigenvalue weighted by Crippen LogP contribution is 2.24. The molecule has 2 aromatic carbocycles. The van der Waals surface area contributed by atoms with E-state index in [2.05, 4.69) is 0 Å². The smallest absolute Gasteiger partial charge is 0.151 e. The van der Waals surface area contributed by atoms with Gasteiger partial charge in [0.05, 0.1) is 11.5 Å². The molecule has 0 bridgehead atoms. The molecule has 1 heterocycles. The summed E-state index contributed by atoms with van der Waals surface area (Å²) in [5, 5.41) is 11.2. The van der Waals surface area contributed by atoms with E-state index in [9.17, 15) is 13.5 Å². The number of aliphatic hydroxyl groups excluding tert-OH is 1. The van der Waals surface area contributed by atoms with Crippen LogP contribution in [-0.2, 0) is 16.4 Å². The van der Waals surface area contributed by atoms with Crippen LogP contribution < -0.4 is 4.74 Å². The fourth-order valence-corrected chi connectivity index (χ4v) is 5.44. The number of halogens is 1. The SMILES string of the molecule is Cc1ccccc1OCC(O)CN(Cc1ccccc1Cl)C1CCS(=O)(=O)C1. The molecule has 1 fully saturated rings. The Bertz CT molecular complexity index is 903. The lowest BCUT2D eigenvalue weighted by Gasteiger charge is -2.30. The zero-order chi connectivity index (χ0) is 20.1. The quantitative estimate of drug-likeness (QED) is 0.706. The highest BCUT2D eigenvalue weighted by Gasteiger charge is 2.33. The first-order valence-electron chi connectivity index (χ1n) is 9.38. The van der Waals surface area contributed by atoms with E-state index in [1.807, 2.05) is 60.4 Å². The largest absolute Gasteiger partial charge is 0.491 e. The van der Waals surface area contributed by atoms with Crippen molar-refractivity contribution in [1.82, 2.24) is 4.90 Å². The van der Waals surface area contributed by atoms with E-state index in [0.717, 1.165) is 16.9 Å². The molecule has 0 aliphatic carbocycles. The van der Waals surface area contributed by atoms with Crippen molar-refractivity contribution in [3.63, 3.8) is 0 Å². The third-order valence-corrected chi connectivity index (χ3v) is 7.15. The number of rotatable bonds is 8. The standard InChI is InChI=1S/C21H26ClNO4S/c1-16-6-2-5-9-21(16)27-14-19(24)13-23(18-10-11-28(25,26)15-18)12-17-7-3-4-8-20(17)22/h2-9,18-19,24H,10-15H2,1H3. The van der Waals surface area contributed by atoms with Gasteiger partial charge in [-0.05, 0) is 36.6 Å². The number of ether oxygens (including phenoxy) is 1. The molecular weight excluding hydrogens is 398 g/mol. The Morgan fingerprint density at radius 3 is 2.61 bits per heavy atom. The summed E-state index contributed by atoms with van der Waals surface area (Å²) < 4.78 is 29.7. The summed E-state index contributed by atoms with van der Waals surface area (Å²) in [5.41, 5.74) is 1.92. The van der Waals surface area contributed by atoms with Crippen molar-refractivity contribution < 1.29 is 18.3 Å². The molecule has 28 heavy (non-hydrogen) atoms. The molecule has 1 aliphatic heterocycles. The van der Waals surface area contributed by atoms with E-state index >= 15 is 0 Å². The van der Waals surface area contributed by atoms with Crippen molar-refractivity contribution >= 4 is 21.4 Å². The van der Waals surface area contributed by atoms with E-state index in [1.54, 1.807) is 0 Å². The number of sulfone groups is 1. The Morgan fingerprint density at radius 2 is 1.93 bits per heavy atom. The van der Waals surface area contributed by atoms with Crippen LogP contribution in [0.4, 0.5) is 0 Å². The molecule has 5 nitrogen and oxygen atoms in total. The summed E-state index contributed by atoms with van der Waals surface area (Å²) in [6, 6.07) is 15.0. The molecule has 1 aliphatic rings. The van der Waals surface area contributed by atoms with Crippen LogP contribution in [0.2, 0.25) is 5.02 Å². The molecule has 0 aromatic heterocycles. The molecule has 1 N–H and O–H groups in total. The van der Waals surface area contributed by atoms with Gasteiger partial charge in [0.2, 0.25) is 0 Å². The Hall–Kier alpha value is -1.60. The molecule has 3 rings (SSSR count). The van der Waals surface area contributed by atoms with Crippen LogP contribution in [0.5, 0.6) is 5.75 Å². The van der Waals surface area contributed by atoms with Gasteiger partial charge < -0.3 is 9.84 Å². The zero-order valence-corrected chi connectivity index (χ0v) is 17.5. The molecule has 0 radical (unpaired) electrons. The number of benzene rings is 2. The number of nitrogens with zero attached hydrogens (tertiary/aromatic N) is 1. The Balaban J connectivity index is 1.68. The van der Waals surface area contributed by atoms with E-state index in [1.165, 1.54) is 0 Å². The summed E-state index contributed by atoms with van der Waals surface area (Å²) in [4.78, 5) is 2.01.